The highest BCUT2D eigenvalue weighted by Crippen LogP contribution is 2.30. The number of allylic oxidation sites excluding steroid dienone is 1. The smallest absolute Gasteiger partial charge is 0.341 e. The van der Waals surface area contributed by atoms with Crippen LogP contribution in [0.25, 0.3) is 6.08 Å². The van der Waals surface area contributed by atoms with Crippen molar-refractivity contribution in [3.8, 4) is 17.2 Å². The zero-order chi connectivity index (χ0) is 26.6. The molecule has 192 valence electrons. The van der Waals surface area contributed by atoms with E-state index in [1.54, 1.807) is 13.2 Å². The molecule has 0 radical (unpaired) electrons. The Labute approximate surface area is 214 Å². The Balaban J connectivity index is 1.59. The molecule has 0 aromatic heterocycles. The van der Waals surface area contributed by atoms with Crippen LogP contribution in [0.2, 0.25) is 0 Å². The molecule has 3 aromatic carbocycles. The van der Waals surface area contributed by atoms with Crippen molar-refractivity contribution in [2.75, 3.05) is 20.3 Å². The molecule has 3 aromatic rings. The highest BCUT2D eigenvalue weighted by Gasteiger charge is 2.16. The maximum atomic E-state index is 12.9. The van der Waals surface area contributed by atoms with Gasteiger partial charge in [-0.15, -0.1) is 0 Å². The zero-order valence-electron chi connectivity index (χ0n) is 20.4. The average Bonchev–Trinajstić information content (AvgIpc) is 2.91. The maximum Gasteiger partial charge on any atom is 0.341 e. The molecule has 0 atom stereocenters. The second-order valence-electron chi connectivity index (χ2n) is 8.08. The molecule has 2 N–H and O–H groups in total. The summed E-state index contributed by atoms with van der Waals surface area (Å²) in [4.78, 5) is 35.1. The van der Waals surface area contributed by atoms with Crippen molar-refractivity contribution in [2.45, 2.75) is 19.3 Å². The number of hydrogen-bond acceptors (Lipinski definition) is 6. The maximum absolute atomic E-state index is 12.9. The molecule has 0 aliphatic heterocycles. The van der Waals surface area contributed by atoms with Crippen LogP contribution in [0, 0.1) is 0 Å². The number of ether oxygens (including phenoxy) is 3. The standard InChI is InChI=1S/C29H28O8/c1-35-24-13-10-20(11-14-24)7-4-2-3-5-16-36-25-15-12-22(18-26(25)37-19-27(30)31)28(32)21-8-6-9-23(17-21)29(33)34/h4,6-15,17-18H,2-3,5,16,19H2,1H3,(H,30,31)(H,33,34)/b7-4+. The van der Waals surface area contributed by atoms with Gasteiger partial charge < -0.3 is 24.4 Å². The van der Waals surface area contributed by atoms with Gasteiger partial charge in [0.1, 0.15) is 5.75 Å². The summed E-state index contributed by atoms with van der Waals surface area (Å²) >= 11 is 0. The van der Waals surface area contributed by atoms with E-state index in [2.05, 4.69) is 6.08 Å². The summed E-state index contributed by atoms with van der Waals surface area (Å²) in [6.45, 7) is -0.216. The van der Waals surface area contributed by atoms with Crippen molar-refractivity contribution in [2.24, 2.45) is 0 Å². The molecule has 3 rings (SSSR count). The van der Waals surface area contributed by atoms with E-state index in [1.165, 1.54) is 36.4 Å². The molecule has 8 nitrogen and oxygen atoms in total. The van der Waals surface area contributed by atoms with E-state index >= 15 is 0 Å². The van der Waals surface area contributed by atoms with Gasteiger partial charge in [0.2, 0.25) is 0 Å². The normalized spacial score (nSPS) is 10.7. The summed E-state index contributed by atoms with van der Waals surface area (Å²) in [6, 6.07) is 18.0. The van der Waals surface area contributed by atoms with Crippen LogP contribution in [0.3, 0.4) is 0 Å². The topological polar surface area (TPSA) is 119 Å². The summed E-state index contributed by atoms with van der Waals surface area (Å²) in [5.41, 5.74) is 1.49. The molecule has 0 bridgehead atoms. The lowest BCUT2D eigenvalue weighted by Crippen LogP contribution is -2.11. The lowest BCUT2D eigenvalue weighted by atomic mass is 10.0. The summed E-state index contributed by atoms with van der Waals surface area (Å²) in [5, 5.41) is 18.2. The Hall–Kier alpha value is -4.59. The van der Waals surface area contributed by atoms with E-state index in [1.807, 2.05) is 30.3 Å². The largest absolute Gasteiger partial charge is 0.497 e. The third-order valence-electron chi connectivity index (χ3n) is 5.38. The molecule has 0 saturated carbocycles. The molecule has 0 aliphatic carbocycles. The van der Waals surface area contributed by atoms with Crippen LogP contribution in [0.1, 0.15) is 51.1 Å². The van der Waals surface area contributed by atoms with Crippen LogP contribution >= 0.6 is 0 Å². The Morgan fingerprint density at radius 1 is 0.811 bits per heavy atom. The van der Waals surface area contributed by atoms with Crippen molar-refractivity contribution in [1.29, 1.82) is 0 Å². The van der Waals surface area contributed by atoms with Gasteiger partial charge in [-0.2, -0.15) is 0 Å². The number of aliphatic carboxylic acids is 1. The van der Waals surface area contributed by atoms with E-state index in [0.717, 1.165) is 30.6 Å². The Morgan fingerprint density at radius 3 is 2.24 bits per heavy atom. The second kappa shape index (κ2) is 13.5. The summed E-state index contributed by atoms with van der Waals surface area (Å²) < 4.78 is 16.3. The van der Waals surface area contributed by atoms with Crippen LogP contribution in [0.5, 0.6) is 17.2 Å². The highest BCUT2D eigenvalue weighted by atomic mass is 16.5. The number of ketones is 1. The van der Waals surface area contributed by atoms with Gasteiger partial charge in [-0.3, -0.25) is 4.79 Å². The Bertz CT molecular complexity index is 1260. The SMILES string of the molecule is COc1ccc(/C=C/CCCCOc2ccc(C(=O)c3cccc(C(=O)O)c3)cc2OCC(=O)O)cc1. The van der Waals surface area contributed by atoms with Crippen molar-refractivity contribution in [3.63, 3.8) is 0 Å². The van der Waals surface area contributed by atoms with Gasteiger partial charge in [0.25, 0.3) is 0 Å². The number of hydrogen-bond donors (Lipinski definition) is 2. The van der Waals surface area contributed by atoms with E-state index < -0.39 is 24.3 Å². The van der Waals surface area contributed by atoms with Gasteiger partial charge in [0.15, 0.2) is 23.9 Å². The fourth-order valence-corrected chi connectivity index (χ4v) is 3.46. The van der Waals surface area contributed by atoms with Gasteiger partial charge in [-0.05, 0) is 67.3 Å². The first-order valence-electron chi connectivity index (χ1n) is 11.7. The minimum Gasteiger partial charge on any atom is -0.497 e. The van der Waals surface area contributed by atoms with Crippen molar-refractivity contribution < 1.29 is 38.8 Å². The van der Waals surface area contributed by atoms with Crippen molar-refractivity contribution >= 4 is 23.8 Å². The number of benzene rings is 3. The first kappa shape index (κ1) is 27.0. The van der Waals surface area contributed by atoms with Crippen LogP contribution < -0.4 is 14.2 Å². The van der Waals surface area contributed by atoms with Gasteiger partial charge in [-0.1, -0.05) is 36.4 Å². The molecule has 37 heavy (non-hydrogen) atoms. The quantitative estimate of drug-likeness (QED) is 0.223. The molecular formula is C29H28O8. The Morgan fingerprint density at radius 2 is 1.54 bits per heavy atom. The van der Waals surface area contributed by atoms with E-state index in [9.17, 15) is 19.5 Å². The van der Waals surface area contributed by atoms with Crippen molar-refractivity contribution in [3.05, 3.63) is 95.1 Å². The molecule has 0 amide bonds. The number of carboxylic acid groups (broad SMARTS) is 2. The Kier molecular flexibility index (Phi) is 9.84. The predicted molar refractivity (Wildman–Crippen MR) is 138 cm³/mol. The van der Waals surface area contributed by atoms with E-state index in [0.29, 0.717) is 12.4 Å². The fourth-order valence-electron chi connectivity index (χ4n) is 3.46. The van der Waals surface area contributed by atoms with Gasteiger partial charge in [-0.25, -0.2) is 9.59 Å². The molecule has 8 heteroatoms. The lowest BCUT2D eigenvalue weighted by molar-refractivity contribution is -0.139. The number of carbonyl (C=O) groups is 3. The van der Waals surface area contributed by atoms with Crippen LogP contribution in [-0.2, 0) is 4.79 Å². The number of methoxy groups -OCH3 is 1. The van der Waals surface area contributed by atoms with E-state index in [4.69, 9.17) is 19.3 Å². The summed E-state index contributed by atoms with van der Waals surface area (Å²) in [5.74, 6) is -1.46. The van der Waals surface area contributed by atoms with Crippen LogP contribution in [0.4, 0.5) is 0 Å². The minimum absolute atomic E-state index is 0.00741. The molecule has 0 fully saturated rings. The molecule has 0 unspecified atom stereocenters. The third-order valence-corrected chi connectivity index (χ3v) is 5.38. The number of carbonyl (C=O) groups excluding carboxylic acids is 1. The van der Waals surface area contributed by atoms with Gasteiger partial charge >= 0.3 is 11.9 Å². The van der Waals surface area contributed by atoms with Gasteiger partial charge in [0, 0.05) is 11.1 Å². The number of unbranched alkanes of at least 4 members (excludes halogenated alkanes) is 2. The van der Waals surface area contributed by atoms with Gasteiger partial charge in [0.05, 0.1) is 19.3 Å². The molecule has 0 saturated heterocycles. The second-order valence-corrected chi connectivity index (χ2v) is 8.08. The predicted octanol–water partition coefficient (Wildman–Crippen LogP) is 5.35. The average molecular weight is 505 g/mol. The molecule has 0 heterocycles. The van der Waals surface area contributed by atoms with Crippen LogP contribution in [0.15, 0.2) is 72.8 Å². The third kappa shape index (κ3) is 8.24. The van der Waals surface area contributed by atoms with Crippen molar-refractivity contribution in [1.82, 2.24) is 0 Å². The number of carboxylic acids is 2. The molecular weight excluding hydrogens is 476 g/mol. The molecule has 0 aliphatic rings. The minimum atomic E-state index is -1.17. The zero-order valence-corrected chi connectivity index (χ0v) is 20.4. The summed E-state index contributed by atoms with van der Waals surface area (Å²) in [7, 11) is 1.63. The first-order valence-corrected chi connectivity index (χ1v) is 11.7. The van der Waals surface area contributed by atoms with E-state index in [-0.39, 0.29) is 22.4 Å². The summed E-state index contributed by atoms with van der Waals surface area (Å²) in [6.07, 6.45) is 6.63. The fraction of sp³-hybridized carbons (Fsp3) is 0.207. The monoisotopic (exact) mass is 504 g/mol. The number of aromatic carboxylic acids is 1. The van der Waals surface area contributed by atoms with Crippen LogP contribution in [-0.4, -0.2) is 48.3 Å². The number of rotatable bonds is 14. The molecule has 0 spiro atoms. The highest BCUT2D eigenvalue weighted by molar-refractivity contribution is 6.10. The lowest BCUT2D eigenvalue weighted by Gasteiger charge is -2.13. The first-order chi connectivity index (χ1) is 17.9.